The van der Waals surface area contributed by atoms with Crippen LogP contribution in [0.5, 0.6) is 0 Å². The van der Waals surface area contributed by atoms with E-state index in [1.807, 2.05) is 35.8 Å². The zero-order valence-electron chi connectivity index (χ0n) is 11.6. The summed E-state index contributed by atoms with van der Waals surface area (Å²) < 4.78 is 1.92. The third-order valence-corrected chi connectivity index (χ3v) is 3.67. The Labute approximate surface area is 117 Å². The highest BCUT2D eigenvalue weighted by atomic mass is 16.2. The second-order valence-corrected chi connectivity index (χ2v) is 5.15. The molecule has 5 nitrogen and oxygen atoms in total. The van der Waals surface area contributed by atoms with Gasteiger partial charge in [0.05, 0.1) is 11.0 Å². The van der Waals surface area contributed by atoms with E-state index in [0.717, 1.165) is 35.4 Å². The molecule has 1 heterocycles. The van der Waals surface area contributed by atoms with E-state index in [0.29, 0.717) is 0 Å². The molecule has 1 aromatic carbocycles. The van der Waals surface area contributed by atoms with E-state index >= 15 is 0 Å². The van der Waals surface area contributed by atoms with Crippen LogP contribution in [0.25, 0.3) is 11.0 Å². The molecule has 0 spiro atoms. The molecule has 2 aromatic rings. The molecule has 0 aliphatic heterocycles. The fourth-order valence-electron chi connectivity index (χ4n) is 2.61. The summed E-state index contributed by atoms with van der Waals surface area (Å²) in [5.74, 6) is 0.741. The number of carbonyl (C=O) groups is 1. The number of rotatable bonds is 3. The topological polar surface area (TPSA) is 59.3 Å². The van der Waals surface area contributed by atoms with Crippen molar-refractivity contribution in [1.82, 2.24) is 15.0 Å². The van der Waals surface area contributed by atoms with Crippen LogP contribution < -0.4 is 5.43 Å². The van der Waals surface area contributed by atoms with Gasteiger partial charge in [-0.2, -0.15) is 5.10 Å². The molecule has 0 saturated heterocycles. The van der Waals surface area contributed by atoms with Gasteiger partial charge in [-0.3, -0.25) is 4.79 Å². The number of nitrogens with zero attached hydrogens (tertiary/aromatic N) is 3. The summed E-state index contributed by atoms with van der Waals surface area (Å²) in [6.45, 7) is 2.17. The molecular formula is C15H18N4O. The first-order chi connectivity index (χ1) is 9.74. The number of amides is 1. The van der Waals surface area contributed by atoms with Crippen LogP contribution in [-0.4, -0.2) is 21.2 Å². The molecule has 0 unspecified atom stereocenters. The minimum Gasteiger partial charge on any atom is -0.319 e. The van der Waals surface area contributed by atoms with Crippen LogP contribution in [0, 0.1) is 6.92 Å². The lowest BCUT2D eigenvalue weighted by Crippen LogP contribution is -2.24. The highest BCUT2D eigenvalue weighted by Gasteiger charge is 2.11. The summed E-state index contributed by atoms with van der Waals surface area (Å²) in [4.78, 5) is 16.4. The van der Waals surface area contributed by atoms with Crippen LogP contribution in [0.4, 0.5) is 0 Å². The number of aryl methyl sites for hydroxylation is 1. The summed E-state index contributed by atoms with van der Waals surface area (Å²) >= 11 is 0. The average molecular weight is 270 g/mol. The van der Waals surface area contributed by atoms with Gasteiger partial charge in [0.2, 0.25) is 0 Å². The summed E-state index contributed by atoms with van der Waals surface area (Å²) in [6, 6.07) is 7.84. The molecule has 1 amide bonds. The van der Waals surface area contributed by atoms with Crippen LogP contribution in [0.3, 0.4) is 0 Å². The molecule has 1 aliphatic rings. The zero-order chi connectivity index (χ0) is 13.9. The van der Waals surface area contributed by atoms with E-state index in [-0.39, 0.29) is 12.5 Å². The van der Waals surface area contributed by atoms with E-state index < -0.39 is 0 Å². The minimum absolute atomic E-state index is 0.101. The van der Waals surface area contributed by atoms with Crippen molar-refractivity contribution >= 4 is 22.7 Å². The van der Waals surface area contributed by atoms with Crippen molar-refractivity contribution in [2.45, 2.75) is 39.2 Å². The molecule has 1 aromatic heterocycles. The molecule has 0 radical (unpaired) electrons. The maximum absolute atomic E-state index is 12.0. The van der Waals surface area contributed by atoms with Gasteiger partial charge in [-0.1, -0.05) is 12.1 Å². The lowest BCUT2D eigenvalue weighted by atomic mass is 10.3. The van der Waals surface area contributed by atoms with Crippen LogP contribution >= 0.6 is 0 Å². The fourth-order valence-corrected chi connectivity index (χ4v) is 2.61. The Bertz CT molecular complexity index is 664. The lowest BCUT2D eigenvalue weighted by molar-refractivity contribution is -0.121. The monoisotopic (exact) mass is 270 g/mol. The highest BCUT2D eigenvalue weighted by molar-refractivity contribution is 5.88. The number of benzene rings is 1. The molecule has 3 rings (SSSR count). The van der Waals surface area contributed by atoms with Gasteiger partial charge in [-0.15, -0.1) is 0 Å². The molecule has 0 atom stereocenters. The molecule has 0 bridgehead atoms. The van der Waals surface area contributed by atoms with E-state index in [1.54, 1.807) is 0 Å². The Morgan fingerprint density at radius 2 is 2.10 bits per heavy atom. The summed E-state index contributed by atoms with van der Waals surface area (Å²) in [6.07, 6.45) is 4.38. The maximum atomic E-state index is 12.0. The number of hydrogen-bond acceptors (Lipinski definition) is 3. The lowest BCUT2D eigenvalue weighted by Gasteiger charge is -2.06. The van der Waals surface area contributed by atoms with Gasteiger partial charge >= 0.3 is 0 Å². The zero-order valence-corrected chi connectivity index (χ0v) is 11.6. The second kappa shape index (κ2) is 5.45. The average Bonchev–Trinajstić information content (AvgIpc) is 3.06. The molecule has 5 heteroatoms. The molecule has 1 fully saturated rings. The first-order valence-corrected chi connectivity index (χ1v) is 7.00. The largest absolute Gasteiger partial charge is 0.319 e. The Morgan fingerprint density at radius 3 is 2.90 bits per heavy atom. The van der Waals surface area contributed by atoms with E-state index in [1.165, 1.54) is 12.8 Å². The number of fused-ring (bicyclic) bond motifs is 1. The number of hydrazone groups is 1. The number of carbonyl (C=O) groups excluding carboxylic acids is 1. The third-order valence-electron chi connectivity index (χ3n) is 3.67. The molecule has 1 N–H and O–H groups in total. The van der Waals surface area contributed by atoms with Gasteiger partial charge in [0, 0.05) is 5.71 Å². The standard InChI is InChI=1S/C15H18N4O/c1-11-16-13-8-4-5-9-14(13)19(11)10-15(20)18-17-12-6-2-3-7-12/h4-5,8-9H,2-3,6-7,10H2,1H3,(H,18,20). The van der Waals surface area contributed by atoms with Crippen molar-refractivity contribution < 1.29 is 4.79 Å². The summed E-state index contributed by atoms with van der Waals surface area (Å²) in [5.41, 5.74) is 5.65. The van der Waals surface area contributed by atoms with Crippen molar-refractivity contribution in [2.24, 2.45) is 5.10 Å². The minimum atomic E-state index is -0.101. The number of nitrogens with one attached hydrogen (secondary N) is 1. The third kappa shape index (κ3) is 2.57. The SMILES string of the molecule is Cc1nc2ccccc2n1CC(=O)NN=C1CCCC1. The van der Waals surface area contributed by atoms with Crippen molar-refractivity contribution in [1.29, 1.82) is 0 Å². The Morgan fingerprint density at radius 1 is 1.35 bits per heavy atom. The fraction of sp³-hybridized carbons (Fsp3) is 0.400. The van der Waals surface area contributed by atoms with Crippen molar-refractivity contribution in [3.63, 3.8) is 0 Å². The smallest absolute Gasteiger partial charge is 0.260 e. The van der Waals surface area contributed by atoms with Crippen molar-refractivity contribution in [3.8, 4) is 0 Å². The van der Waals surface area contributed by atoms with Crippen molar-refractivity contribution in [3.05, 3.63) is 30.1 Å². The highest BCUT2D eigenvalue weighted by Crippen LogP contribution is 2.15. The second-order valence-electron chi connectivity index (χ2n) is 5.15. The Balaban J connectivity index is 1.74. The van der Waals surface area contributed by atoms with Gasteiger partial charge in [0.1, 0.15) is 12.4 Å². The molecular weight excluding hydrogens is 252 g/mol. The van der Waals surface area contributed by atoms with Crippen LogP contribution in [-0.2, 0) is 11.3 Å². The normalized spacial score (nSPS) is 14.8. The molecule has 20 heavy (non-hydrogen) atoms. The molecule has 104 valence electrons. The van der Waals surface area contributed by atoms with Gasteiger partial charge < -0.3 is 4.57 Å². The predicted octanol–water partition coefficient (Wildman–Crippen LogP) is 2.39. The number of para-hydroxylation sites is 2. The number of imidazole rings is 1. The van der Waals surface area contributed by atoms with E-state index in [9.17, 15) is 4.79 Å². The first-order valence-electron chi connectivity index (χ1n) is 7.00. The van der Waals surface area contributed by atoms with E-state index in [4.69, 9.17) is 0 Å². The van der Waals surface area contributed by atoms with Crippen LogP contribution in [0.1, 0.15) is 31.5 Å². The number of hydrogen-bond donors (Lipinski definition) is 1. The van der Waals surface area contributed by atoms with Gasteiger partial charge in [-0.05, 0) is 44.7 Å². The predicted molar refractivity (Wildman–Crippen MR) is 78.5 cm³/mol. The Hall–Kier alpha value is -2.17. The van der Waals surface area contributed by atoms with Gasteiger partial charge in [0.15, 0.2) is 0 Å². The van der Waals surface area contributed by atoms with E-state index in [2.05, 4.69) is 15.5 Å². The summed E-state index contributed by atoms with van der Waals surface area (Å²) in [5, 5.41) is 4.20. The molecule has 1 aliphatic carbocycles. The van der Waals surface area contributed by atoms with Crippen LogP contribution in [0.2, 0.25) is 0 Å². The molecule has 1 saturated carbocycles. The maximum Gasteiger partial charge on any atom is 0.260 e. The number of aromatic nitrogens is 2. The van der Waals surface area contributed by atoms with Gasteiger partial charge in [-0.25, -0.2) is 10.4 Å². The first kappa shape index (κ1) is 12.8. The summed E-state index contributed by atoms with van der Waals surface area (Å²) in [7, 11) is 0. The quantitative estimate of drug-likeness (QED) is 0.871. The van der Waals surface area contributed by atoms with Gasteiger partial charge in [0.25, 0.3) is 5.91 Å². The van der Waals surface area contributed by atoms with Crippen molar-refractivity contribution in [2.75, 3.05) is 0 Å². The van der Waals surface area contributed by atoms with Crippen LogP contribution in [0.15, 0.2) is 29.4 Å². The Kier molecular flexibility index (Phi) is 3.50.